The van der Waals surface area contributed by atoms with E-state index in [1.807, 2.05) is 36.5 Å². The van der Waals surface area contributed by atoms with Gasteiger partial charge in [0.25, 0.3) is 0 Å². The van der Waals surface area contributed by atoms with Gasteiger partial charge in [0.2, 0.25) is 0 Å². The Bertz CT molecular complexity index is 806. The molecule has 0 spiro atoms. The van der Waals surface area contributed by atoms with Crippen LogP contribution in [0, 0.1) is 0 Å². The second-order valence-corrected chi connectivity index (χ2v) is 5.27. The van der Waals surface area contributed by atoms with Crippen LogP contribution in [0.25, 0.3) is 5.82 Å². The van der Waals surface area contributed by atoms with Gasteiger partial charge < -0.3 is 15.2 Å². The van der Waals surface area contributed by atoms with Crippen LogP contribution >= 0.6 is 0 Å². The van der Waals surface area contributed by atoms with Gasteiger partial charge in [-0.15, -0.1) is 0 Å². The largest absolute Gasteiger partial charge is 0.490 e. The number of nitrogens with zero attached hydrogens (tertiary/aromatic N) is 4. The molecule has 3 heterocycles. The molecule has 1 aliphatic heterocycles. The highest BCUT2D eigenvalue weighted by atomic mass is 16.5. The molecule has 1 aliphatic rings. The Kier molecular flexibility index (Phi) is 3.39. The number of anilines is 1. The normalized spacial score (nSPS) is 19.7. The van der Waals surface area contributed by atoms with Crippen LogP contribution in [0.1, 0.15) is 11.6 Å². The molecular formula is C16H15N5O2. The molecule has 3 aromatic rings. The predicted octanol–water partition coefficient (Wildman–Crippen LogP) is 1.57. The molecule has 0 unspecified atom stereocenters. The summed E-state index contributed by atoms with van der Waals surface area (Å²) in [5.41, 5.74) is 0.911. The molecule has 2 N–H and O–H groups in total. The number of aliphatic hydroxyl groups excluding tert-OH is 1. The van der Waals surface area contributed by atoms with Crippen LogP contribution in [-0.4, -0.2) is 37.3 Å². The maximum atomic E-state index is 10.3. The Morgan fingerprint density at radius 1 is 1.26 bits per heavy atom. The third kappa shape index (κ3) is 2.62. The molecule has 0 fully saturated rings. The molecule has 7 heteroatoms. The molecule has 7 nitrogen and oxygen atoms in total. The average molecular weight is 309 g/mol. The fraction of sp³-hybridized carbons (Fsp3) is 0.188. The third-order valence-electron chi connectivity index (χ3n) is 3.77. The summed E-state index contributed by atoms with van der Waals surface area (Å²) in [7, 11) is 0. The molecule has 0 aliphatic carbocycles. The molecule has 0 amide bonds. The van der Waals surface area contributed by atoms with Crippen LogP contribution in [0.5, 0.6) is 5.75 Å². The lowest BCUT2D eigenvalue weighted by atomic mass is 9.98. The van der Waals surface area contributed by atoms with E-state index in [2.05, 4.69) is 20.3 Å². The number of hydrogen-bond acceptors (Lipinski definition) is 6. The van der Waals surface area contributed by atoms with Crippen molar-refractivity contribution >= 4 is 5.82 Å². The van der Waals surface area contributed by atoms with Gasteiger partial charge in [0.1, 0.15) is 42.8 Å². The highest BCUT2D eigenvalue weighted by Crippen LogP contribution is 2.34. The molecule has 116 valence electrons. The molecule has 0 bridgehead atoms. The van der Waals surface area contributed by atoms with Crippen molar-refractivity contribution < 1.29 is 9.84 Å². The van der Waals surface area contributed by atoms with Crippen molar-refractivity contribution in [2.45, 2.75) is 12.1 Å². The van der Waals surface area contributed by atoms with Crippen LogP contribution in [0.15, 0.2) is 55.4 Å². The van der Waals surface area contributed by atoms with Crippen molar-refractivity contribution in [3.05, 3.63) is 60.9 Å². The van der Waals surface area contributed by atoms with E-state index in [4.69, 9.17) is 4.74 Å². The summed E-state index contributed by atoms with van der Waals surface area (Å²) >= 11 is 0. The third-order valence-corrected chi connectivity index (χ3v) is 3.77. The van der Waals surface area contributed by atoms with Crippen molar-refractivity contribution in [1.82, 2.24) is 19.5 Å². The molecule has 0 radical (unpaired) electrons. The second-order valence-electron chi connectivity index (χ2n) is 5.27. The van der Waals surface area contributed by atoms with E-state index in [-0.39, 0.29) is 12.6 Å². The summed E-state index contributed by atoms with van der Waals surface area (Å²) in [6.07, 6.45) is 6.00. The van der Waals surface area contributed by atoms with E-state index in [1.54, 1.807) is 17.1 Å². The van der Waals surface area contributed by atoms with E-state index in [0.29, 0.717) is 11.6 Å². The molecule has 23 heavy (non-hydrogen) atoms. The Morgan fingerprint density at radius 3 is 3.04 bits per heavy atom. The van der Waals surface area contributed by atoms with Crippen LogP contribution in [0.3, 0.4) is 0 Å². The first-order valence-corrected chi connectivity index (χ1v) is 7.28. The zero-order valence-corrected chi connectivity index (χ0v) is 12.2. The van der Waals surface area contributed by atoms with Crippen molar-refractivity contribution in [2.75, 3.05) is 11.9 Å². The predicted molar refractivity (Wildman–Crippen MR) is 83.5 cm³/mol. The Labute approximate surface area is 132 Å². The summed E-state index contributed by atoms with van der Waals surface area (Å²) in [6.45, 7) is 0.244. The minimum absolute atomic E-state index is 0.244. The molecule has 2 aromatic heterocycles. The van der Waals surface area contributed by atoms with E-state index >= 15 is 0 Å². The first-order valence-electron chi connectivity index (χ1n) is 7.28. The number of aromatic nitrogens is 4. The smallest absolute Gasteiger partial charge is 0.143 e. The number of para-hydroxylation sites is 1. The minimum atomic E-state index is -0.656. The van der Waals surface area contributed by atoms with E-state index < -0.39 is 6.10 Å². The summed E-state index contributed by atoms with van der Waals surface area (Å²) in [6, 6.07) is 9.19. The van der Waals surface area contributed by atoms with E-state index in [1.165, 1.54) is 6.33 Å². The van der Waals surface area contributed by atoms with Gasteiger partial charge in [-0.25, -0.2) is 15.0 Å². The van der Waals surface area contributed by atoms with Crippen LogP contribution < -0.4 is 10.1 Å². The van der Waals surface area contributed by atoms with Gasteiger partial charge in [-0.2, -0.15) is 0 Å². The summed E-state index contributed by atoms with van der Waals surface area (Å²) in [4.78, 5) is 12.5. The zero-order valence-electron chi connectivity index (χ0n) is 12.2. The Hall–Kier alpha value is -2.93. The second kappa shape index (κ2) is 5.69. The monoisotopic (exact) mass is 309 g/mol. The lowest BCUT2D eigenvalue weighted by molar-refractivity contribution is 0.0738. The number of aliphatic hydroxyl groups is 1. The van der Waals surface area contributed by atoms with Gasteiger partial charge in [-0.05, 0) is 6.07 Å². The van der Waals surface area contributed by atoms with Gasteiger partial charge in [-0.1, -0.05) is 18.2 Å². The first kappa shape index (κ1) is 13.7. The van der Waals surface area contributed by atoms with Crippen LogP contribution in [-0.2, 0) is 0 Å². The lowest BCUT2D eigenvalue weighted by Crippen LogP contribution is -2.35. The number of ether oxygens (including phenoxy) is 1. The highest BCUT2D eigenvalue weighted by molar-refractivity contribution is 5.47. The van der Waals surface area contributed by atoms with Gasteiger partial charge in [0.15, 0.2) is 0 Å². The molecule has 0 saturated carbocycles. The molecule has 1 aromatic carbocycles. The number of imidazole rings is 1. The Morgan fingerprint density at radius 2 is 2.17 bits per heavy atom. The van der Waals surface area contributed by atoms with Crippen molar-refractivity contribution in [2.24, 2.45) is 0 Å². The fourth-order valence-electron chi connectivity index (χ4n) is 2.64. The minimum Gasteiger partial charge on any atom is -0.490 e. The SMILES string of the molecule is O[C@@H]1COc2ccccc2[C@@H]1Nc1cc(-n2ccnc2)ncn1. The van der Waals surface area contributed by atoms with Gasteiger partial charge >= 0.3 is 0 Å². The summed E-state index contributed by atoms with van der Waals surface area (Å²) in [5, 5.41) is 13.6. The topological polar surface area (TPSA) is 85.1 Å². The number of hydrogen-bond donors (Lipinski definition) is 2. The number of benzene rings is 1. The number of rotatable bonds is 3. The van der Waals surface area contributed by atoms with Gasteiger partial charge in [0, 0.05) is 24.0 Å². The average Bonchev–Trinajstić information content (AvgIpc) is 3.12. The molecule has 4 rings (SSSR count). The lowest BCUT2D eigenvalue weighted by Gasteiger charge is -2.31. The maximum absolute atomic E-state index is 10.3. The summed E-state index contributed by atoms with van der Waals surface area (Å²) < 4.78 is 7.34. The standard InChI is InChI=1S/C16H15N5O2/c22-12-8-23-13-4-2-1-3-11(13)16(12)20-14-7-15(19-9-18-14)21-6-5-17-10-21/h1-7,9-10,12,16,22H,8H2,(H,18,19,20)/t12-,16+/m1/s1. The fourth-order valence-corrected chi connectivity index (χ4v) is 2.64. The molecule has 2 atom stereocenters. The van der Waals surface area contributed by atoms with Crippen molar-refractivity contribution in [1.29, 1.82) is 0 Å². The zero-order chi connectivity index (χ0) is 15.6. The highest BCUT2D eigenvalue weighted by Gasteiger charge is 2.29. The number of nitrogens with one attached hydrogen (secondary N) is 1. The molecular weight excluding hydrogens is 294 g/mol. The number of fused-ring (bicyclic) bond motifs is 1. The van der Waals surface area contributed by atoms with E-state index in [0.717, 1.165) is 11.3 Å². The quantitative estimate of drug-likeness (QED) is 0.764. The van der Waals surface area contributed by atoms with Gasteiger partial charge in [0.05, 0.1) is 6.04 Å². The molecule has 0 saturated heterocycles. The summed E-state index contributed by atoms with van der Waals surface area (Å²) in [5.74, 6) is 2.11. The first-order chi connectivity index (χ1) is 11.3. The Balaban J connectivity index is 1.64. The van der Waals surface area contributed by atoms with Crippen LogP contribution in [0.4, 0.5) is 5.82 Å². The van der Waals surface area contributed by atoms with E-state index in [9.17, 15) is 5.11 Å². The van der Waals surface area contributed by atoms with Gasteiger partial charge in [-0.3, -0.25) is 4.57 Å². The maximum Gasteiger partial charge on any atom is 0.143 e. The van der Waals surface area contributed by atoms with Crippen molar-refractivity contribution in [3.8, 4) is 11.6 Å². The van der Waals surface area contributed by atoms with Crippen molar-refractivity contribution in [3.63, 3.8) is 0 Å². The van der Waals surface area contributed by atoms with Crippen LogP contribution in [0.2, 0.25) is 0 Å².